The summed E-state index contributed by atoms with van der Waals surface area (Å²) in [7, 11) is 2.05. The Bertz CT molecular complexity index is 180. The molecule has 0 aromatic rings. The fourth-order valence-corrected chi connectivity index (χ4v) is 1.66. The Kier molecular flexibility index (Phi) is 2.29. The molecule has 1 unspecified atom stereocenters. The Morgan fingerprint density at radius 3 is 2.80 bits per heavy atom. The van der Waals surface area contributed by atoms with E-state index in [-0.39, 0.29) is 0 Å². The highest BCUT2D eigenvalue weighted by molar-refractivity contribution is 7.88. The van der Waals surface area contributed by atoms with Gasteiger partial charge in [0.15, 0.2) is 0 Å². The van der Waals surface area contributed by atoms with Gasteiger partial charge in [-0.2, -0.15) is 0 Å². The second-order valence-electron chi connectivity index (χ2n) is 1.73. The molecular weight excluding hydrogens is 154 g/mol. The van der Waals surface area contributed by atoms with E-state index in [4.69, 9.17) is 9.57 Å². The van der Waals surface area contributed by atoms with E-state index in [1.54, 1.807) is 0 Å². The molecule has 0 saturated carbocycles. The van der Waals surface area contributed by atoms with Gasteiger partial charge in [0, 0.05) is 0 Å². The summed E-state index contributed by atoms with van der Waals surface area (Å²) < 4.78 is 15.7. The van der Waals surface area contributed by atoms with Crippen LogP contribution in [0.15, 0.2) is 11.3 Å². The molecule has 0 aromatic carbocycles. The third-order valence-corrected chi connectivity index (χ3v) is 2.11. The third-order valence-electron chi connectivity index (χ3n) is 1.15. The maximum absolute atomic E-state index is 10.8. The van der Waals surface area contributed by atoms with Crippen LogP contribution in [0.25, 0.3) is 0 Å². The molecule has 0 amide bonds. The fourth-order valence-electron chi connectivity index (χ4n) is 0.680. The van der Waals surface area contributed by atoms with Crippen molar-refractivity contribution in [1.82, 2.24) is 5.06 Å². The van der Waals surface area contributed by atoms with Gasteiger partial charge in [0.2, 0.25) is 5.88 Å². The second kappa shape index (κ2) is 3.03. The maximum Gasteiger partial charge on any atom is 0.223 e. The van der Waals surface area contributed by atoms with E-state index >= 15 is 0 Å². The first-order valence-electron chi connectivity index (χ1n) is 2.72. The van der Waals surface area contributed by atoms with Gasteiger partial charge in [-0.25, -0.2) is 5.06 Å². The van der Waals surface area contributed by atoms with Crippen molar-refractivity contribution < 1.29 is 13.8 Å². The molecule has 5 heteroatoms. The monoisotopic (exact) mass is 163 g/mol. The number of nitrogens with zero attached hydrogens (tertiary/aromatic N) is 1. The standard InChI is InChI=1S/C5H9NO3S/c1-8-5-3-10(7)4-6(5)9-2/h3H,4H2,1-2H3. The van der Waals surface area contributed by atoms with Gasteiger partial charge < -0.3 is 4.74 Å². The molecule has 0 aromatic heterocycles. The van der Waals surface area contributed by atoms with Crippen molar-refractivity contribution in [2.45, 2.75) is 0 Å². The predicted octanol–water partition coefficient (Wildman–Crippen LogP) is 0.0149. The number of hydrogen-bond donors (Lipinski definition) is 0. The van der Waals surface area contributed by atoms with Crippen molar-refractivity contribution >= 4 is 10.8 Å². The van der Waals surface area contributed by atoms with Gasteiger partial charge in [0.05, 0.1) is 30.4 Å². The molecule has 1 atom stereocenters. The molecule has 4 nitrogen and oxygen atoms in total. The molecule has 1 rings (SSSR count). The van der Waals surface area contributed by atoms with Crippen LogP contribution in [0.3, 0.4) is 0 Å². The molecule has 0 saturated heterocycles. The summed E-state index contributed by atoms with van der Waals surface area (Å²) >= 11 is 0. The van der Waals surface area contributed by atoms with Crippen LogP contribution < -0.4 is 0 Å². The van der Waals surface area contributed by atoms with Gasteiger partial charge >= 0.3 is 0 Å². The predicted molar refractivity (Wildman–Crippen MR) is 36.9 cm³/mol. The first kappa shape index (κ1) is 7.56. The van der Waals surface area contributed by atoms with Crippen LogP contribution in [0.2, 0.25) is 0 Å². The highest BCUT2D eigenvalue weighted by Crippen LogP contribution is 2.14. The third kappa shape index (κ3) is 1.30. The summed E-state index contributed by atoms with van der Waals surface area (Å²) in [5.41, 5.74) is 0. The average Bonchev–Trinajstić information content (AvgIpc) is 2.30. The molecule has 10 heavy (non-hydrogen) atoms. The minimum Gasteiger partial charge on any atom is -0.481 e. The first-order chi connectivity index (χ1) is 4.77. The Balaban J connectivity index is 2.65. The molecule has 58 valence electrons. The first-order valence-corrected chi connectivity index (χ1v) is 4.10. The van der Waals surface area contributed by atoms with Gasteiger partial charge in [-0.1, -0.05) is 0 Å². The van der Waals surface area contributed by atoms with Gasteiger partial charge in [0.25, 0.3) is 0 Å². The summed E-state index contributed by atoms with van der Waals surface area (Å²) in [6.07, 6.45) is 0. The minimum atomic E-state index is -0.969. The van der Waals surface area contributed by atoms with Crippen molar-refractivity contribution in [2.75, 3.05) is 20.1 Å². The van der Waals surface area contributed by atoms with Crippen LogP contribution in [0, 0.1) is 0 Å². The minimum absolute atomic E-state index is 0.361. The van der Waals surface area contributed by atoms with E-state index < -0.39 is 10.8 Å². The molecule has 0 aliphatic carbocycles. The number of methoxy groups -OCH3 is 1. The van der Waals surface area contributed by atoms with Crippen molar-refractivity contribution in [3.8, 4) is 0 Å². The van der Waals surface area contributed by atoms with Crippen LogP contribution in [-0.4, -0.2) is 29.4 Å². The van der Waals surface area contributed by atoms with E-state index in [0.29, 0.717) is 11.8 Å². The van der Waals surface area contributed by atoms with E-state index in [9.17, 15) is 4.21 Å². The van der Waals surface area contributed by atoms with Crippen molar-refractivity contribution in [2.24, 2.45) is 0 Å². The molecule has 0 N–H and O–H groups in total. The quantitative estimate of drug-likeness (QED) is 0.575. The van der Waals surface area contributed by atoms with E-state index in [1.165, 1.54) is 24.7 Å². The Morgan fingerprint density at radius 1 is 1.70 bits per heavy atom. The Hall–Kier alpha value is -0.550. The zero-order valence-corrected chi connectivity index (χ0v) is 6.68. The largest absolute Gasteiger partial charge is 0.481 e. The van der Waals surface area contributed by atoms with E-state index in [0.717, 1.165) is 0 Å². The number of rotatable bonds is 2. The van der Waals surface area contributed by atoms with Gasteiger partial charge in [0.1, 0.15) is 5.88 Å². The molecule has 0 spiro atoms. The summed E-state index contributed by atoms with van der Waals surface area (Å²) in [5, 5.41) is 2.96. The van der Waals surface area contributed by atoms with Crippen LogP contribution in [0.1, 0.15) is 0 Å². The zero-order chi connectivity index (χ0) is 7.56. The lowest BCUT2D eigenvalue weighted by atomic mass is 10.9. The molecule has 0 fully saturated rings. The fraction of sp³-hybridized carbons (Fsp3) is 0.600. The van der Waals surface area contributed by atoms with Gasteiger partial charge in [-0.05, 0) is 0 Å². The van der Waals surface area contributed by atoms with Crippen LogP contribution >= 0.6 is 0 Å². The second-order valence-corrected chi connectivity index (χ2v) is 2.99. The van der Waals surface area contributed by atoms with Crippen molar-refractivity contribution in [3.05, 3.63) is 11.3 Å². The lowest BCUT2D eigenvalue weighted by molar-refractivity contribution is -0.118. The summed E-state index contributed by atoms with van der Waals surface area (Å²) in [6, 6.07) is 0. The molecule has 1 heterocycles. The summed E-state index contributed by atoms with van der Waals surface area (Å²) in [6.45, 7) is 0. The topological polar surface area (TPSA) is 38.8 Å². The highest BCUT2D eigenvalue weighted by Gasteiger charge is 2.20. The Morgan fingerprint density at radius 2 is 2.40 bits per heavy atom. The molecular formula is C5H9NO3S. The lowest BCUT2D eigenvalue weighted by Crippen LogP contribution is -2.19. The van der Waals surface area contributed by atoms with Gasteiger partial charge in [-0.3, -0.25) is 9.05 Å². The SMILES string of the molecule is COC1=CS(=O)CN1OC. The van der Waals surface area contributed by atoms with Crippen LogP contribution in [0.5, 0.6) is 0 Å². The van der Waals surface area contributed by atoms with Crippen LogP contribution in [0.4, 0.5) is 0 Å². The van der Waals surface area contributed by atoms with E-state index in [1.807, 2.05) is 0 Å². The number of hydrogen-bond acceptors (Lipinski definition) is 4. The molecule has 1 aliphatic rings. The Labute approximate surface area is 61.8 Å². The summed E-state index contributed by atoms with van der Waals surface area (Å²) in [5.74, 6) is 0.875. The van der Waals surface area contributed by atoms with E-state index in [2.05, 4.69) is 0 Å². The maximum atomic E-state index is 10.8. The number of hydroxylamine groups is 2. The van der Waals surface area contributed by atoms with Crippen molar-refractivity contribution in [1.29, 1.82) is 0 Å². The molecule has 1 aliphatic heterocycles. The van der Waals surface area contributed by atoms with Crippen molar-refractivity contribution in [3.63, 3.8) is 0 Å². The van der Waals surface area contributed by atoms with Gasteiger partial charge in [-0.15, -0.1) is 0 Å². The molecule has 0 bridgehead atoms. The number of ether oxygens (including phenoxy) is 1. The average molecular weight is 163 g/mol. The normalized spacial score (nSPS) is 24.8. The zero-order valence-electron chi connectivity index (χ0n) is 5.86. The molecule has 0 radical (unpaired) electrons. The summed E-state index contributed by atoms with van der Waals surface area (Å²) in [4.78, 5) is 4.83. The lowest BCUT2D eigenvalue weighted by Gasteiger charge is -2.15. The van der Waals surface area contributed by atoms with Crippen LogP contribution in [-0.2, 0) is 20.4 Å². The highest BCUT2D eigenvalue weighted by atomic mass is 32.2. The smallest absolute Gasteiger partial charge is 0.223 e.